The van der Waals surface area contributed by atoms with Crippen LogP contribution in [0.4, 0.5) is 0 Å². The minimum absolute atomic E-state index is 0.00427. The molecule has 1 aromatic carbocycles. The number of aromatic amines is 1. The second-order valence-corrected chi connectivity index (χ2v) is 6.43. The maximum atomic E-state index is 12.3. The summed E-state index contributed by atoms with van der Waals surface area (Å²) in [4.78, 5) is 21.9. The van der Waals surface area contributed by atoms with Crippen molar-refractivity contribution in [3.63, 3.8) is 0 Å². The molecule has 0 spiro atoms. The first-order valence-corrected chi connectivity index (χ1v) is 8.32. The fourth-order valence-electron chi connectivity index (χ4n) is 3.38. The lowest BCUT2D eigenvalue weighted by Gasteiger charge is -2.30. The first-order chi connectivity index (χ1) is 11.7. The largest absolute Gasteiger partial charge is 0.340 e. The fraction of sp³-hybridized carbons (Fsp3) is 0.389. The van der Waals surface area contributed by atoms with Gasteiger partial charge in [0.1, 0.15) is 0 Å². The van der Waals surface area contributed by atoms with Gasteiger partial charge < -0.3 is 9.51 Å². The van der Waals surface area contributed by atoms with Crippen LogP contribution in [0.5, 0.6) is 0 Å². The number of nitrogens with zero attached hydrogens (tertiary/aromatic N) is 3. The zero-order valence-electron chi connectivity index (χ0n) is 13.7. The number of aryl methyl sites for hydroxylation is 1. The van der Waals surface area contributed by atoms with E-state index in [4.69, 9.17) is 4.52 Å². The molecule has 3 aromatic rings. The van der Waals surface area contributed by atoms with Crippen molar-refractivity contribution in [3.05, 3.63) is 58.0 Å². The van der Waals surface area contributed by atoms with Crippen LogP contribution in [0.3, 0.4) is 0 Å². The van der Waals surface area contributed by atoms with Gasteiger partial charge in [-0.3, -0.25) is 9.69 Å². The van der Waals surface area contributed by atoms with E-state index in [-0.39, 0.29) is 5.56 Å². The smallest absolute Gasteiger partial charge is 0.252 e. The van der Waals surface area contributed by atoms with E-state index in [1.165, 1.54) is 0 Å². The van der Waals surface area contributed by atoms with Gasteiger partial charge in [-0.05, 0) is 43.5 Å². The number of hydrogen-bond donors (Lipinski definition) is 1. The summed E-state index contributed by atoms with van der Waals surface area (Å²) in [5.41, 5.74) is 1.71. The summed E-state index contributed by atoms with van der Waals surface area (Å²) in [7, 11) is 0. The van der Waals surface area contributed by atoms with E-state index in [1.54, 1.807) is 0 Å². The predicted molar refractivity (Wildman–Crippen MR) is 90.9 cm³/mol. The van der Waals surface area contributed by atoms with E-state index < -0.39 is 0 Å². The first kappa shape index (κ1) is 15.1. The highest BCUT2D eigenvalue weighted by molar-refractivity contribution is 5.78. The molecule has 1 aliphatic rings. The first-order valence-electron chi connectivity index (χ1n) is 8.32. The fourth-order valence-corrected chi connectivity index (χ4v) is 3.38. The minimum Gasteiger partial charge on any atom is -0.340 e. The molecule has 1 fully saturated rings. The Labute approximate surface area is 139 Å². The maximum Gasteiger partial charge on any atom is 0.252 e. The Bertz CT molecular complexity index is 907. The third-order valence-electron chi connectivity index (χ3n) is 4.72. The molecule has 1 saturated heterocycles. The molecule has 4 rings (SSSR count). The van der Waals surface area contributed by atoms with Crippen LogP contribution >= 0.6 is 0 Å². The number of aromatic nitrogens is 3. The van der Waals surface area contributed by atoms with E-state index in [0.717, 1.165) is 48.2 Å². The Morgan fingerprint density at radius 1 is 1.29 bits per heavy atom. The van der Waals surface area contributed by atoms with Gasteiger partial charge in [0.25, 0.3) is 5.56 Å². The molecular weight excluding hydrogens is 304 g/mol. The molecule has 24 heavy (non-hydrogen) atoms. The van der Waals surface area contributed by atoms with Crippen LogP contribution in [0.15, 0.2) is 39.6 Å². The summed E-state index contributed by atoms with van der Waals surface area (Å²) in [5, 5.41) is 5.11. The molecule has 1 aliphatic heterocycles. The van der Waals surface area contributed by atoms with Crippen molar-refractivity contribution >= 4 is 10.9 Å². The van der Waals surface area contributed by atoms with E-state index in [1.807, 2.05) is 37.3 Å². The summed E-state index contributed by atoms with van der Waals surface area (Å²) in [6.45, 7) is 4.37. The quantitative estimate of drug-likeness (QED) is 0.801. The Kier molecular flexibility index (Phi) is 3.90. The molecule has 0 amide bonds. The summed E-state index contributed by atoms with van der Waals surface area (Å²) >= 11 is 0. The number of piperidine rings is 1. The zero-order valence-corrected chi connectivity index (χ0v) is 13.7. The number of para-hydroxylation sites is 1. The predicted octanol–water partition coefficient (Wildman–Crippen LogP) is 2.60. The maximum absolute atomic E-state index is 12.3. The highest BCUT2D eigenvalue weighted by Gasteiger charge is 2.24. The molecule has 1 N–H and O–H groups in total. The molecule has 124 valence electrons. The van der Waals surface area contributed by atoms with Gasteiger partial charge in [0, 0.05) is 30.5 Å². The third kappa shape index (κ3) is 2.97. The van der Waals surface area contributed by atoms with Gasteiger partial charge in [-0.25, -0.2) is 0 Å². The second-order valence-electron chi connectivity index (χ2n) is 6.43. The average molecular weight is 324 g/mol. The number of fused-ring (bicyclic) bond motifs is 1. The molecule has 6 heteroatoms. The molecule has 3 heterocycles. The topological polar surface area (TPSA) is 75.0 Å². The Morgan fingerprint density at radius 3 is 2.83 bits per heavy atom. The van der Waals surface area contributed by atoms with Gasteiger partial charge in [-0.1, -0.05) is 23.4 Å². The normalized spacial score (nSPS) is 16.7. The van der Waals surface area contributed by atoms with Crippen molar-refractivity contribution in [2.24, 2.45) is 0 Å². The minimum atomic E-state index is 0.00427. The Hall–Kier alpha value is -2.47. The lowest BCUT2D eigenvalue weighted by molar-refractivity contribution is 0.199. The number of pyridine rings is 1. The second kappa shape index (κ2) is 6.20. The highest BCUT2D eigenvalue weighted by Crippen LogP contribution is 2.26. The van der Waals surface area contributed by atoms with E-state index in [2.05, 4.69) is 20.0 Å². The van der Waals surface area contributed by atoms with E-state index >= 15 is 0 Å². The summed E-state index contributed by atoms with van der Waals surface area (Å²) in [6.07, 6.45) is 1.98. The summed E-state index contributed by atoms with van der Waals surface area (Å²) in [6, 6.07) is 9.88. The number of hydrogen-bond acceptors (Lipinski definition) is 5. The van der Waals surface area contributed by atoms with Crippen LogP contribution in [0.2, 0.25) is 0 Å². The molecule has 0 bridgehead atoms. The van der Waals surface area contributed by atoms with Crippen molar-refractivity contribution in [2.75, 3.05) is 13.1 Å². The third-order valence-corrected chi connectivity index (χ3v) is 4.72. The van der Waals surface area contributed by atoms with Gasteiger partial charge in [0.05, 0.1) is 0 Å². The number of likely N-dealkylation sites (tertiary alicyclic amines) is 1. The van der Waals surface area contributed by atoms with Gasteiger partial charge >= 0.3 is 0 Å². The van der Waals surface area contributed by atoms with E-state index in [9.17, 15) is 4.79 Å². The van der Waals surface area contributed by atoms with Gasteiger partial charge in [-0.2, -0.15) is 4.98 Å². The molecular formula is C18H20N4O2. The van der Waals surface area contributed by atoms with Gasteiger partial charge in [-0.15, -0.1) is 0 Å². The SMILES string of the molecule is Cc1nc(C2CCN(Cc3cc4ccccc4[nH]c3=O)CC2)no1. The van der Waals surface area contributed by atoms with Crippen molar-refractivity contribution in [3.8, 4) is 0 Å². The average Bonchev–Trinajstić information content (AvgIpc) is 3.03. The molecule has 0 atom stereocenters. The molecule has 6 nitrogen and oxygen atoms in total. The van der Waals surface area contributed by atoms with Gasteiger partial charge in [0.2, 0.25) is 5.89 Å². The number of H-pyrrole nitrogens is 1. The van der Waals surface area contributed by atoms with Crippen molar-refractivity contribution in [1.82, 2.24) is 20.0 Å². The molecule has 0 unspecified atom stereocenters. The molecule has 2 aromatic heterocycles. The van der Waals surface area contributed by atoms with Crippen molar-refractivity contribution < 1.29 is 4.52 Å². The Balaban J connectivity index is 1.45. The number of benzene rings is 1. The van der Waals surface area contributed by atoms with Crippen molar-refractivity contribution in [1.29, 1.82) is 0 Å². The summed E-state index contributed by atoms with van der Waals surface area (Å²) < 4.78 is 5.08. The van der Waals surface area contributed by atoms with Crippen LogP contribution in [0.1, 0.15) is 36.0 Å². The highest BCUT2D eigenvalue weighted by atomic mass is 16.5. The zero-order chi connectivity index (χ0) is 16.5. The lowest BCUT2D eigenvalue weighted by atomic mass is 9.96. The monoisotopic (exact) mass is 324 g/mol. The molecule has 0 radical (unpaired) electrons. The summed E-state index contributed by atoms with van der Waals surface area (Å²) in [5.74, 6) is 1.79. The number of rotatable bonds is 3. The van der Waals surface area contributed by atoms with Crippen LogP contribution in [0, 0.1) is 6.92 Å². The lowest BCUT2D eigenvalue weighted by Crippen LogP contribution is -2.34. The molecule has 0 saturated carbocycles. The van der Waals surface area contributed by atoms with Gasteiger partial charge in [0.15, 0.2) is 5.82 Å². The molecule has 0 aliphatic carbocycles. The van der Waals surface area contributed by atoms with Crippen LogP contribution in [-0.2, 0) is 6.54 Å². The standard InChI is InChI=1S/C18H20N4O2/c1-12-19-17(21-24-12)13-6-8-22(9-7-13)11-15-10-14-4-2-3-5-16(14)20-18(15)23/h2-5,10,13H,6-9,11H2,1H3,(H,20,23). The Morgan fingerprint density at radius 2 is 2.08 bits per heavy atom. The van der Waals surface area contributed by atoms with Crippen LogP contribution < -0.4 is 5.56 Å². The number of nitrogens with one attached hydrogen (secondary N) is 1. The van der Waals surface area contributed by atoms with Crippen molar-refractivity contribution in [2.45, 2.75) is 32.2 Å². The van der Waals surface area contributed by atoms with Crippen LogP contribution in [0.25, 0.3) is 10.9 Å². The van der Waals surface area contributed by atoms with Crippen LogP contribution in [-0.4, -0.2) is 33.1 Å². The van der Waals surface area contributed by atoms with E-state index in [0.29, 0.717) is 18.4 Å².